The Morgan fingerprint density at radius 2 is 2.27 bits per heavy atom. The number of fused-ring (bicyclic) bond motifs is 1. The molecule has 0 aromatic heterocycles. The van der Waals surface area contributed by atoms with Crippen molar-refractivity contribution in [2.45, 2.75) is 0 Å². The monoisotopic (exact) mass is 225 g/mol. The molecule has 0 spiro atoms. The average Bonchev–Trinajstić information content (AvgIpc) is 2.31. The summed E-state index contributed by atoms with van der Waals surface area (Å²) in [6, 6.07) is 7.80. The lowest BCUT2D eigenvalue weighted by Crippen LogP contribution is -1.97. The van der Waals surface area contributed by atoms with Crippen molar-refractivity contribution in [1.29, 1.82) is 0 Å². The SMILES string of the molecule is C1=COc2ccccc2N1.C=CCSF. The number of para-hydroxylation sites is 2. The van der Waals surface area contributed by atoms with E-state index in [4.69, 9.17) is 4.74 Å². The first-order valence-electron chi connectivity index (χ1n) is 4.40. The van der Waals surface area contributed by atoms with Crippen LogP contribution >= 0.6 is 12.1 Å². The van der Waals surface area contributed by atoms with Crippen LogP contribution in [0, 0.1) is 0 Å². The second-order valence-corrected chi connectivity index (χ2v) is 3.18. The molecular formula is C11H12FNOS. The molecule has 0 saturated heterocycles. The quantitative estimate of drug-likeness (QED) is 0.774. The molecular weight excluding hydrogens is 213 g/mol. The molecule has 0 bridgehead atoms. The van der Waals surface area contributed by atoms with E-state index in [1.54, 1.807) is 12.5 Å². The molecule has 2 nitrogen and oxygen atoms in total. The number of hydrogen-bond acceptors (Lipinski definition) is 3. The number of halogens is 1. The van der Waals surface area contributed by atoms with Crippen LogP contribution in [0.4, 0.5) is 9.57 Å². The van der Waals surface area contributed by atoms with Gasteiger partial charge in [-0.1, -0.05) is 18.2 Å². The van der Waals surface area contributed by atoms with Crippen LogP contribution in [0.2, 0.25) is 0 Å². The van der Waals surface area contributed by atoms with Crippen LogP contribution in [0.1, 0.15) is 0 Å². The lowest BCUT2D eigenvalue weighted by molar-refractivity contribution is 0.477. The Hall–Kier alpha value is -1.42. The van der Waals surface area contributed by atoms with Gasteiger partial charge < -0.3 is 10.1 Å². The van der Waals surface area contributed by atoms with E-state index in [0.29, 0.717) is 5.75 Å². The van der Waals surface area contributed by atoms with Crippen LogP contribution < -0.4 is 10.1 Å². The summed E-state index contributed by atoms with van der Waals surface area (Å²) in [4.78, 5) is 0. The molecule has 0 amide bonds. The van der Waals surface area contributed by atoms with Crippen molar-refractivity contribution in [2.24, 2.45) is 0 Å². The molecule has 80 valence electrons. The van der Waals surface area contributed by atoms with Crippen LogP contribution in [0.25, 0.3) is 0 Å². The molecule has 1 aliphatic heterocycles. The van der Waals surface area contributed by atoms with E-state index in [-0.39, 0.29) is 12.1 Å². The van der Waals surface area contributed by atoms with Crippen LogP contribution in [0.3, 0.4) is 0 Å². The normalized spacial score (nSPS) is 11.3. The molecule has 1 aromatic rings. The van der Waals surface area contributed by atoms with E-state index < -0.39 is 0 Å². The van der Waals surface area contributed by atoms with E-state index in [1.807, 2.05) is 24.3 Å². The van der Waals surface area contributed by atoms with Crippen molar-refractivity contribution in [1.82, 2.24) is 0 Å². The maximum absolute atomic E-state index is 10.8. The zero-order valence-electron chi connectivity index (χ0n) is 8.15. The molecule has 1 N–H and O–H groups in total. The van der Waals surface area contributed by atoms with Gasteiger partial charge in [-0.2, -0.15) is 3.89 Å². The summed E-state index contributed by atoms with van der Waals surface area (Å²) in [5, 5.41) is 3.06. The highest BCUT2D eigenvalue weighted by Gasteiger charge is 2.01. The molecule has 2 rings (SSSR count). The van der Waals surface area contributed by atoms with Crippen LogP contribution in [-0.4, -0.2) is 5.75 Å². The lowest BCUT2D eigenvalue weighted by Gasteiger charge is -2.11. The molecule has 0 aliphatic carbocycles. The van der Waals surface area contributed by atoms with E-state index in [1.165, 1.54) is 6.08 Å². The van der Waals surface area contributed by atoms with Gasteiger partial charge in [-0.3, -0.25) is 0 Å². The number of ether oxygens (including phenoxy) is 1. The van der Waals surface area contributed by atoms with Gasteiger partial charge in [-0.05, 0) is 12.1 Å². The zero-order chi connectivity index (χ0) is 10.9. The fourth-order valence-electron chi connectivity index (χ4n) is 0.964. The summed E-state index contributed by atoms with van der Waals surface area (Å²) >= 11 is 0.284. The van der Waals surface area contributed by atoms with E-state index in [0.717, 1.165) is 11.4 Å². The Labute approximate surface area is 93.1 Å². The molecule has 0 saturated carbocycles. The predicted molar refractivity (Wildman–Crippen MR) is 63.6 cm³/mol. The van der Waals surface area contributed by atoms with Crippen LogP contribution in [0.15, 0.2) is 49.4 Å². The number of hydrogen-bond donors (Lipinski definition) is 1. The van der Waals surface area contributed by atoms with E-state index in [9.17, 15) is 3.89 Å². The third-order valence-corrected chi connectivity index (χ3v) is 1.93. The van der Waals surface area contributed by atoms with Gasteiger partial charge >= 0.3 is 0 Å². The van der Waals surface area contributed by atoms with Gasteiger partial charge in [-0.25, -0.2) is 0 Å². The van der Waals surface area contributed by atoms with Crippen molar-refractivity contribution in [3.8, 4) is 5.75 Å². The van der Waals surface area contributed by atoms with Gasteiger partial charge in [0.2, 0.25) is 0 Å². The number of anilines is 1. The van der Waals surface area contributed by atoms with Crippen LogP contribution in [0.5, 0.6) is 5.75 Å². The van der Waals surface area contributed by atoms with Crippen molar-refractivity contribution in [3.05, 3.63) is 49.4 Å². The molecule has 15 heavy (non-hydrogen) atoms. The summed E-state index contributed by atoms with van der Waals surface area (Å²) in [7, 11) is 0. The fourth-order valence-corrected chi connectivity index (χ4v) is 1.05. The Morgan fingerprint density at radius 3 is 2.87 bits per heavy atom. The van der Waals surface area contributed by atoms with Crippen molar-refractivity contribution >= 4 is 17.8 Å². The highest BCUT2D eigenvalue weighted by Crippen LogP contribution is 2.25. The Balaban J connectivity index is 0.000000195. The largest absolute Gasteiger partial charge is 0.461 e. The standard InChI is InChI=1S/C8H7NO.C3H5FS/c1-2-4-8-7(3-1)9-5-6-10-8;1-2-3-5-4/h1-6,9H;2H,1,3H2. The molecule has 1 aromatic carbocycles. The lowest BCUT2D eigenvalue weighted by atomic mass is 10.3. The molecule has 1 aliphatic rings. The van der Waals surface area contributed by atoms with Gasteiger partial charge in [0, 0.05) is 24.1 Å². The molecule has 0 radical (unpaired) electrons. The highest BCUT2D eigenvalue weighted by molar-refractivity contribution is 7.94. The van der Waals surface area contributed by atoms with Gasteiger partial charge in [0.15, 0.2) is 0 Å². The minimum atomic E-state index is 0.284. The first-order chi connectivity index (χ1) is 7.38. The van der Waals surface area contributed by atoms with E-state index in [2.05, 4.69) is 11.9 Å². The maximum Gasteiger partial charge on any atom is 0.150 e. The summed E-state index contributed by atoms with van der Waals surface area (Å²) in [6.45, 7) is 3.29. The Morgan fingerprint density at radius 1 is 1.47 bits per heavy atom. The molecule has 4 heteroatoms. The number of benzene rings is 1. The summed E-state index contributed by atoms with van der Waals surface area (Å²) in [5.41, 5.74) is 1.02. The first kappa shape index (κ1) is 11.7. The van der Waals surface area contributed by atoms with E-state index >= 15 is 0 Å². The molecule has 0 fully saturated rings. The topological polar surface area (TPSA) is 21.3 Å². The van der Waals surface area contributed by atoms with Gasteiger partial charge in [0.05, 0.1) is 5.69 Å². The minimum Gasteiger partial charge on any atom is -0.461 e. The van der Waals surface area contributed by atoms with Gasteiger partial charge in [-0.15, -0.1) is 6.58 Å². The summed E-state index contributed by atoms with van der Waals surface area (Å²) in [5.74, 6) is 1.28. The smallest absolute Gasteiger partial charge is 0.150 e. The number of nitrogens with one attached hydrogen (secondary N) is 1. The van der Waals surface area contributed by atoms with Gasteiger partial charge in [0.25, 0.3) is 0 Å². The Bertz CT molecular complexity index is 314. The average molecular weight is 225 g/mol. The molecule has 1 heterocycles. The highest BCUT2D eigenvalue weighted by atomic mass is 32.2. The third kappa shape index (κ3) is 4.08. The van der Waals surface area contributed by atoms with Crippen molar-refractivity contribution < 1.29 is 8.62 Å². The predicted octanol–water partition coefficient (Wildman–Crippen LogP) is 3.75. The van der Waals surface area contributed by atoms with Crippen molar-refractivity contribution in [3.63, 3.8) is 0 Å². The van der Waals surface area contributed by atoms with Crippen LogP contribution in [-0.2, 0) is 0 Å². The Kier molecular flexibility index (Phi) is 5.40. The second kappa shape index (κ2) is 6.95. The number of rotatable bonds is 2. The maximum atomic E-state index is 10.8. The molecule has 0 unspecified atom stereocenters. The minimum absolute atomic E-state index is 0.284. The van der Waals surface area contributed by atoms with Crippen molar-refractivity contribution in [2.75, 3.05) is 11.1 Å². The first-order valence-corrected chi connectivity index (χ1v) is 5.28. The third-order valence-electron chi connectivity index (χ3n) is 1.57. The fraction of sp³-hybridized carbons (Fsp3) is 0.0909. The van der Waals surface area contributed by atoms with Gasteiger partial charge in [0.1, 0.15) is 12.0 Å². The second-order valence-electron chi connectivity index (χ2n) is 2.63. The molecule has 0 atom stereocenters. The summed E-state index contributed by atoms with van der Waals surface area (Å²) < 4.78 is 16.0. The zero-order valence-corrected chi connectivity index (χ0v) is 8.97. The summed E-state index contributed by atoms with van der Waals surface area (Å²) in [6.07, 6.45) is 4.91.